The Bertz CT molecular complexity index is 924. The van der Waals surface area contributed by atoms with Crippen molar-refractivity contribution in [3.8, 4) is 0 Å². The first-order valence-electron chi connectivity index (χ1n) is 9.43. The minimum absolute atomic E-state index is 0.0511. The van der Waals surface area contributed by atoms with Crippen molar-refractivity contribution in [1.29, 1.82) is 0 Å². The van der Waals surface area contributed by atoms with Crippen LogP contribution in [0.15, 0.2) is 29.2 Å². The molecule has 2 aromatic rings. The molecule has 1 aromatic heterocycles. The summed E-state index contributed by atoms with van der Waals surface area (Å²) >= 11 is 0. The number of aryl methyl sites for hydroxylation is 3. The van der Waals surface area contributed by atoms with E-state index in [4.69, 9.17) is 0 Å². The number of carbonyl (C=O) groups excluding carboxylic acids is 1. The van der Waals surface area contributed by atoms with E-state index < -0.39 is 10.0 Å². The fourth-order valence-corrected chi connectivity index (χ4v) is 5.13. The molecular weight excluding hydrogens is 362 g/mol. The van der Waals surface area contributed by atoms with Crippen LogP contribution in [0.5, 0.6) is 0 Å². The maximum Gasteiger partial charge on any atom is 0.264 e. The predicted octanol–water partition coefficient (Wildman–Crippen LogP) is 3.62. The van der Waals surface area contributed by atoms with Crippen LogP contribution in [0.2, 0.25) is 0 Å². The van der Waals surface area contributed by atoms with E-state index in [1.54, 1.807) is 30.9 Å². The third-order valence-corrected chi connectivity index (χ3v) is 6.61. The third kappa shape index (κ3) is 4.03. The molecule has 146 valence electrons. The van der Waals surface area contributed by atoms with Crippen LogP contribution in [-0.2, 0) is 16.4 Å². The van der Waals surface area contributed by atoms with E-state index in [9.17, 15) is 13.2 Å². The molecule has 0 saturated carbocycles. The van der Waals surface area contributed by atoms with Crippen LogP contribution >= 0.6 is 0 Å². The van der Waals surface area contributed by atoms with Crippen LogP contribution < -0.4 is 4.72 Å². The van der Waals surface area contributed by atoms with Crippen LogP contribution in [0.25, 0.3) is 0 Å². The Morgan fingerprint density at radius 1 is 1.07 bits per heavy atom. The summed E-state index contributed by atoms with van der Waals surface area (Å²) in [5, 5.41) is 0. The molecule has 0 unspecified atom stereocenters. The summed E-state index contributed by atoms with van der Waals surface area (Å²) < 4.78 is 28.8. The lowest BCUT2D eigenvalue weighted by Crippen LogP contribution is -2.36. The van der Waals surface area contributed by atoms with Crippen LogP contribution in [0.4, 0.5) is 5.69 Å². The van der Waals surface area contributed by atoms with Crippen LogP contribution in [0, 0.1) is 13.8 Å². The number of H-pyrrole nitrogens is 1. The molecule has 7 heteroatoms. The summed E-state index contributed by atoms with van der Waals surface area (Å²) in [6.45, 7) is 6.83. The van der Waals surface area contributed by atoms with E-state index in [2.05, 4.69) is 9.71 Å². The number of nitrogens with zero attached hydrogens (tertiary/aromatic N) is 1. The predicted molar refractivity (Wildman–Crippen MR) is 107 cm³/mol. The fraction of sp³-hybridized carbons (Fsp3) is 0.450. The summed E-state index contributed by atoms with van der Waals surface area (Å²) in [5.41, 5.74) is 2.94. The van der Waals surface area contributed by atoms with Gasteiger partial charge in [0.2, 0.25) is 0 Å². The molecule has 2 heterocycles. The number of rotatable bonds is 5. The normalized spacial score (nSPS) is 15.0. The lowest BCUT2D eigenvalue weighted by molar-refractivity contribution is 0.0720. The van der Waals surface area contributed by atoms with Crippen molar-refractivity contribution in [3.63, 3.8) is 0 Å². The number of anilines is 1. The van der Waals surface area contributed by atoms with Gasteiger partial charge in [-0.3, -0.25) is 9.52 Å². The quantitative estimate of drug-likeness (QED) is 0.819. The number of aromatic amines is 1. The molecule has 0 spiro atoms. The molecular formula is C20H27N3O3S. The summed E-state index contributed by atoms with van der Waals surface area (Å²) in [5.74, 6) is -0.210. The molecule has 2 N–H and O–H groups in total. The average Bonchev–Trinajstić information content (AvgIpc) is 2.97. The first-order valence-corrected chi connectivity index (χ1v) is 10.9. The van der Waals surface area contributed by atoms with Crippen LogP contribution in [0.1, 0.15) is 53.5 Å². The van der Waals surface area contributed by atoms with Gasteiger partial charge in [-0.1, -0.05) is 19.1 Å². The van der Waals surface area contributed by atoms with Gasteiger partial charge < -0.3 is 9.88 Å². The van der Waals surface area contributed by atoms with Crippen LogP contribution in [0.3, 0.4) is 0 Å². The summed E-state index contributed by atoms with van der Waals surface area (Å²) in [7, 11) is -3.89. The first kappa shape index (κ1) is 19.5. The lowest BCUT2D eigenvalue weighted by Gasteiger charge is -2.27. The molecule has 0 radical (unpaired) electrons. The average molecular weight is 390 g/mol. The topological polar surface area (TPSA) is 82.3 Å². The number of carbonyl (C=O) groups is 1. The van der Waals surface area contributed by atoms with Gasteiger partial charge in [0, 0.05) is 30.2 Å². The molecule has 1 saturated heterocycles. The van der Waals surface area contributed by atoms with Crippen LogP contribution in [-0.4, -0.2) is 37.3 Å². The minimum atomic E-state index is -3.89. The Morgan fingerprint density at radius 2 is 1.70 bits per heavy atom. The van der Waals surface area contributed by atoms with Gasteiger partial charge in [-0.2, -0.15) is 0 Å². The van der Waals surface area contributed by atoms with Gasteiger partial charge in [-0.25, -0.2) is 8.42 Å². The molecule has 0 atom stereocenters. The Morgan fingerprint density at radius 3 is 2.30 bits per heavy atom. The van der Waals surface area contributed by atoms with Gasteiger partial charge in [0.05, 0.1) is 5.56 Å². The number of aromatic nitrogens is 1. The highest BCUT2D eigenvalue weighted by Crippen LogP contribution is 2.28. The van der Waals surface area contributed by atoms with Crippen molar-refractivity contribution in [2.45, 2.75) is 51.3 Å². The zero-order valence-electron chi connectivity index (χ0n) is 16.1. The van der Waals surface area contributed by atoms with Gasteiger partial charge in [0.1, 0.15) is 4.90 Å². The number of benzene rings is 1. The standard InChI is InChI=1S/C20H27N3O3S/c1-4-16-8-10-17(11-9-16)22-27(25,26)19-15(3)21-14(2)18(19)20(24)23-12-6-5-7-13-23/h8-11,21-22H,4-7,12-13H2,1-3H3. The number of piperidine rings is 1. The van der Waals surface area contributed by atoms with Crippen molar-refractivity contribution in [1.82, 2.24) is 9.88 Å². The summed E-state index contributed by atoms with van der Waals surface area (Å²) in [4.78, 5) is 17.9. The second-order valence-corrected chi connectivity index (χ2v) is 8.71. The molecule has 0 bridgehead atoms. The number of nitrogens with one attached hydrogen (secondary N) is 2. The highest BCUT2D eigenvalue weighted by atomic mass is 32.2. The second-order valence-electron chi connectivity index (χ2n) is 7.09. The number of hydrogen-bond acceptors (Lipinski definition) is 3. The molecule has 3 rings (SSSR count). The van der Waals surface area contributed by atoms with Gasteiger partial charge in [-0.05, 0) is 57.2 Å². The zero-order chi connectivity index (χ0) is 19.6. The highest BCUT2D eigenvalue weighted by Gasteiger charge is 2.31. The summed E-state index contributed by atoms with van der Waals surface area (Å²) in [6.07, 6.45) is 3.91. The molecule has 1 aliphatic rings. The van der Waals surface area contributed by atoms with E-state index in [0.717, 1.165) is 31.2 Å². The van der Waals surface area contributed by atoms with Crippen molar-refractivity contribution in [3.05, 3.63) is 46.8 Å². The molecule has 0 aliphatic carbocycles. The molecule has 1 amide bonds. The third-order valence-electron chi connectivity index (χ3n) is 5.06. The SMILES string of the molecule is CCc1ccc(NS(=O)(=O)c2c(C)[nH]c(C)c2C(=O)N2CCCCC2)cc1. The summed E-state index contributed by atoms with van der Waals surface area (Å²) in [6, 6.07) is 7.29. The number of sulfonamides is 1. The zero-order valence-corrected chi connectivity index (χ0v) is 16.9. The van der Waals surface area contributed by atoms with Gasteiger partial charge in [0.25, 0.3) is 15.9 Å². The number of hydrogen-bond donors (Lipinski definition) is 2. The van der Waals surface area contributed by atoms with Crippen molar-refractivity contribution < 1.29 is 13.2 Å². The molecule has 1 aliphatic heterocycles. The van der Waals surface area contributed by atoms with E-state index in [0.29, 0.717) is 30.2 Å². The largest absolute Gasteiger partial charge is 0.361 e. The van der Waals surface area contributed by atoms with Crippen molar-refractivity contribution >= 4 is 21.6 Å². The van der Waals surface area contributed by atoms with Gasteiger partial charge in [0.15, 0.2) is 0 Å². The second kappa shape index (κ2) is 7.76. The number of amides is 1. The van der Waals surface area contributed by atoms with Crippen molar-refractivity contribution in [2.24, 2.45) is 0 Å². The van der Waals surface area contributed by atoms with E-state index >= 15 is 0 Å². The monoisotopic (exact) mass is 389 g/mol. The molecule has 1 aromatic carbocycles. The Kier molecular flexibility index (Phi) is 5.60. The Hall–Kier alpha value is -2.28. The highest BCUT2D eigenvalue weighted by molar-refractivity contribution is 7.92. The molecule has 6 nitrogen and oxygen atoms in total. The van der Waals surface area contributed by atoms with E-state index in [1.807, 2.05) is 19.1 Å². The Balaban J connectivity index is 1.95. The minimum Gasteiger partial charge on any atom is -0.361 e. The molecule has 27 heavy (non-hydrogen) atoms. The van der Waals surface area contributed by atoms with Gasteiger partial charge in [-0.15, -0.1) is 0 Å². The maximum atomic E-state index is 13.1. The van der Waals surface area contributed by atoms with Gasteiger partial charge >= 0.3 is 0 Å². The Labute approximate surface area is 161 Å². The lowest BCUT2D eigenvalue weighted by atomic mass is 10.1. The molecule has 1 fully saturated rings. The van der Waals surface area contributed by atoms with E-state index in [-0.39, 0.29) is 16.4 Å². The van der Waals surface area contributed by atoms with Crippen molar-refractivity contribution in [2.75, 3.05) is 17.8 Å². The van der Waals surface area contributed by atoms with E-state index in [1.165, 1.54) is 0 Å². The fourth-order valence-electron chi connectivity index (χ4n) is 3.62. The number of likely N-dealkylation sites (tertiary alicyclic amines) is 1. The maximum absolute atomic E-state index is 13.1. The first-order chi connectivity index (χ1) is 12.8. The smallest absolute Gasteiger partial charge is 0.264 e.